The van der Waals surface area contributed by atoms with Crippen molar-refractivity contribution in [1.29, 1.82) is 0 Å². The van der Waals surface area contributed by atoms with E-state index in [1.807, 2.05) is 85.7 Å². The van der Waals surface area contributed by atoms with Crippen LogP contribution in [0.4, 0.5) is 9.59 Å². The zero-order valence-electron chi connectivity index (χ0n) is 30.3. The molecule has 0 aliphatic carbocycles. The number of benzene rings is 1. The first kappa shape index (κ1) is 40.5. The van der Waals surface area contributed by atoms with Gasteiger partial charge in [0, 0.05) is 38.6 Å². The second-order valence-electron chi connectivity index (χ2n) is 14.8. The average molecular weight is 692 g/mol. The number of rotatable bonds is 12. The van der Waals surface area contributed by atoms with Crippen LogP contribution in [0.15, 0.2) is 43.0 Å². The maximum absolute atomic E-state index is 14.2. The second-order valence-corrected chi connectivity index (χ2v) is 16.8. The summed E-state index contributed by atoms with van der Waals surface area (Å²) in [5, 5.41) is 9.84. The average Bonchev–Trinajstić information content (AvgIpc) is 3.42. The quantitative estimate of drug-likeness (QED) is 0.194. The molecule has 1 heterocycles. The van der Waals surface area contributed by atoms with Gasteiger partial charge in [-0.15, -0.1) is 6.58 Å². The number of nitrogens with zero attached hydrogens (tertiary/aromatic N) is 3. The molecule has 0 spiro atoms. The van der Waals surface area contributed by atoms with E-state index in [9.17, 15) is 27.6 Å². The number of likely N-dealkylation sites (N-methyl/N-ethyl adjacent to an activating group) is 1. The topological polar surface area (TPSA) is 160 Å². The minimum absolute atomic E-state index is 0.0330. The van der Waals surface area contributed by atoms with E-state index in [4.69, 9.17) is 0 Å². The Bertz CT molecular complexity index is 1390. The maximum Gasteiger partial charge on any atom is 0.336 e. The first-order valence-corrected chi connectivity index (χ1v) is 18.3. The number of sulfonamides is 1. The number of nitrogens with one attached hydrogen (secondary N) is 4. The Morgan fingerprint density at radius 1 is 1.02 bits per heavy atom. The molecule has 1 saturated heterocycles. The molecule has 0 unspecified atom stereocenters. The number of hydrogen-bond donors (Lipinski definition) is 4. The van der Waals surface area contributed by atoms with Crippen LogP contribution in [0.25, 0.3) is 0 Å². The Labute approximate surface area is 287 Å². The lowest BCUT2D eigenvalue weighted by molar-refractivity contribution is -0.143. The lowest BCUT2D eigenvalue weighted by atomic mass is 9.85. The second kappa shape index (κ2) is 16.6. The number of carbonyl (C=O) groups is 4. The van der Waals surface area contributed by atoms with Crippen LogP contribution < -0.4 is 21.4 Å². The van der Waals surface area contributed by atoms with E-state index < -0.39 is 62.9 Å². The summed E-state index contributed by atoms with van der Waals surface area (Å²) in [7, 11) is -2.05. The highest BCUT2D eigenvalue weighted by Gasteiger charge is 2.46. The highest BCUT2D eigenvalue weighted by atomic mass is 32.2. The van der Waals surface area contributed by atoms with Crippen molar-refractivity contribution in [3.63, 3.8) is 0 Å². The Hall–Kier alpha value is -3.65. The van der Waals surface area contributed by atoms with Gasteiger partial charge < -0.3 is 20.9 Å². The minimum Gasteiger partial charge on any atom is -0.334 e. The van der Waals surface area contributed by atoms with Gasteiger partial charge in [0.2, 0.25) is 15.9 Å². The van der Waals surface area contributed by atoms with E-state index in [-0.39, 0.29) is 31.6 Å². The molecule has 1 aromatic rings. The van der Waals surface area contributed by atoms with E-state index >= 15 is 0 Å². The van der Waals surface area contributed by atoms with E-state index in [2.05, 4.69) is 28.0 Å². The van der Waals surface area contributed by atoms with Gasteiger partial charge >= 0.3 is 12.1 Å². The summed E-state index contributed by atoms with van der Waals surface area (Å²) in [5.74, 6) is -1.36. The third-order valence-corrected chi connectivity index (χ3v) is 9.90. The molecule has 270 valence electrons. The van der Waals surface area contributed by atoms with Crippen molar-refractivity contribution in [2.24, 2.45) is 16.7 Å². The summed E-state index contributed by atoms with van der Waals surface area (Å²) in [6.07, 6.45) is 3.79. The highest BCUT2D eigenvalue weighted by molar-refractivity contribution is 7.88. The molecule has 14 heteroatoms. The number of amides is 6. The van der Waals surface area contributed by atoms with Gasteiger partial charge in [0.15, 0.2) is 0 Å². The van der Waals surface area contributed by atoms with E-state index in [0.717, 1.165) is 11.8 Å². The van der Waals surface area contributed by atoms with Crippen molar-refractivity contribution in [3.05, 3.63) is 48.6 Å². The Morgan fingerprint density at radius 3 is 2.12 bits per heavy atom. The molecule has 4 N–H and O–H groups in total. The minimum atomic E-state index is -3.50. The van der Waals surface area contributed by atoms with Crippen LogP contribution in [0.1, 0.15) is 79.8 Å². The lowest BCUT2D eigenvalue weighted by Crippen LogP contribution is -2.62. The molecule has 1 fully saturated rings. The van der Waals surface area contributed by atoms with Gasteiger partial charge in [-0.3, -0.25) is 15.0 Å². The normalized spacial score (nSPS) is 18.8. The molecule has 5 atom stereocenters. The molecule has 1 aliphatic rings. The third-order valence-electron chi connectivity index (χ3n) is 8.62. The van der Waals surface area contributed by atoms with Crippen molar-refractivity contribution in [2.75, 3.05) is 32.9 Å². The number of urea groups is 2. The Morgan fingerprint density at radius 2 is 1.62 bits per heavy atom. The Kier molecular flexibility index (Phi) is 14.1. The number of carbonyl (C=O) groups excluding carboxylic acids is 4. The van der Waals surface area contributed by atoms with Crippen LogP contribution in [0, 0.1) is 16.7 Å². The van der Waals surface area contributed by atoms with E-state index in [1.54, 1.807) is 6.08 Å². The van der Waals surface area contributed by atoms with Gasteiger partial charge in [0.25, 0.3) is 5.91 Å². The standard InChI is InChI=1S/C34H57N7O6S/c1-12-20-41(32(45)35-23(3)25-17-15-14-16-18-25)38-29(42)27-24(13-2)19-21-40(27)30(43)28(34(7,8)9)37-31(44)36-26(33(4,5)6)22-39(10)48(11,46)47/h13-18,23-24,26-28H,2,12,19-22H2,1,3-11H3,(H,35,45)(H,38,42)(H2,36,37,44)/t23-,24-,26+,27-,28+/m0/s1. The fourth-order valence-electron chi connectivity index (χ4n) is 5.44. The van der Waals surface area contributed by atoms with Crippen LogP contribution in [-0.2, 0) is 19.6 Å². The fraction of sp³-hybridized carbons (Fsp3) is 0.647. The molecule has 2 rings (SSSR count). The SMILES string of the molecule is C=C[C@H]1CCN(C(=O)[C@@H](NC(=O)N[C@H](CN(C)S(C)(=O)=O)C(C)(C)C)C(C)(C)C)[C@@H]1C(=O)NN(CCC)C(=O)N[C@@H](C)c1ccccc1. The maximum atomic E-state index is 14.2. The summed E-state index contributed by atoms with van der Waals surface area (Å²) in [4.78, 5) is 56.3. The number of hydrazine groups is 1. The molecule has 6 amide bonds. The lowest BCUT2D eigenvalue weighted by Gasteiger charge is -2.38. The third kappa shape index (κ3) is 11.2. The molecule has 48 heavy (non-hydrogen) atoms. The van der Waals surface area contributed by atoms with Crippen LogP contribution in [0.3, 0.4) is 0 Å². The zero-order chi connectivity index (χ0) is 36.6. The van der Waals surface area contributed by atoms with Gasteiger partial charge in [-0.1, -0.05) is 84.9 Å². The predicted octanol–water partition coefficient (Wildman–Crippen LogP) is 3.62. The predicted molar refractivity (Wildman–Crippen MR) is 188 cm³/mol. The van der Waals surface area contributed by atoms with Crippen LogP contribution in [-0.4, -0.2) is 97.6 Å². The molecule has 0 aromatic heterocycles. The molecule has 13 nitrogen and oxygen atoms in total. The molecule has 1 aromatic carbocycles. The van der Waals surface area contributed by atoms with Crippen LogP contribution in [0.2, 0.25) is 0 Å². The molecule has 0 radical (unpaired) electrons. The van der Waals surface area contributed by atoms with Crippen LogP contribution in [0.5, 0.6) is 0 Å². The van der Waals surface area contributed by atoms with Crippen molar-refractivity contribution < 1.29 is 27.6 Å². The summed E-state index contributed by atoms with van der Waals surface area (Å²) in [5.41, 5.74) is 2.38. The molecule has 0 saturated carbocycles. The monoisotopic (exact) mass is 691 g/mol. The first-order chi connectivity index (χ1) is 22.1. The summed E-state index contributed by atoms with van der Waals surface area (Å²) in [6, 6.07) is 5.46. The van der Waals surface area contributed by atoms with E-state index in [0.29, 0.717) is 12.8 Å². The van der Waals surface area contributed by atoms with Gasteiger partial charge in [-0.05, 0) is 36.2 Å². The smallest absolute Gasteiger partial charge is 0.334 e. The van der Waals surface area contributed by atoms with Crippen molar-refractivity contribution >= 4 is 33.9 Å². The molecule has 1 aliphatic heterocycles. The van der Waals surface area contributed by atoms with Gasteiger partial charge in [0.05, 0.1) is 12.3 Å². The highest BCUT2D eigenvalue weighted by Crippen LogP contribution is 2.30. The van der Waals surface area contributed by atoms with Crippen LogP contribution >= 0.6 is 0 Å². The van der Waals surface area contributed by atoms with Gasteiger partial charge in [-0.25, -0.2) is 27.3 Å². The first-order valence-electron chi connectivity index (χ1n) is 16.5. The number of hydrogen-bond acceptors (Lipinski definition) is 6. The Balaban J connectivity index is 2.28. The number of likely N-dealkylation sites (tertiary alicyclic amines) is 1. The summed E-state index contributed by atoms with van der Waals surface area (Å²) < 4.78 is 25.4. The van der Waals surface area contributed by atoms with Crippen molar-refractivity contribution in [2.45, 2.75) is 92.4 Å². The summed E-state index contributed by atoms with van der Waals surface area (Å²) >= 11 is 0. The van der Waals surface area contributed by atoms with Crippen molar-refractivity contribution in [1.82, 2.24) is 35.6 Å². The van der Waals surface area contributed by atoms with E-state index in [1.165, 1.54) is 21.3 Å². The molecular formula is C34H57N7O6S. The molecule has 0 bridgehead atoms. The summed E-state index contributed by atoms with van der Waals surface area (Å²) in [6.45, 7) is 19.2. The molecular weight excluding hydrogens is 634 g/mol. The van der Waals surface area contributed by atoms with Gasteiger partial charge in [-0.2, -0.15) is 0 Å². The largest absolute Gasteiger partial charge is 0.336 e. The van der Waals surface area contributed by atoms with Crippen molar-refractivity contribution in [3.8, 4) is 0 Å². The fourth-order valence-corrected chi connectivity index (χ4v) is 5.86. The zero-order valence-corrected chi connectivity index (χ0v) is 31.1. The van der Waals surface area contributed by atoms with Gasteiger partial charge in [0.1, 0.15) is 12.1 Å².